The summed E-state index contributed by atoms with van der Waals surface area (Å²) in [6.45, 7) is 3.97. The zero-order valence-electron chi connectivity index (χ0n) is 17.5. The maximum Gasteiger partial charge on any atom is 0.256 e. The number of nitrogens with zero attached hydrogens (tertiary/aromatic N) is 2. The van der Waals surface area contributed by atoms with E-state index in [0.717, 1.165) is 17.5 Å². The van der Waals surface area contributed by atoms with Gasteiger partial charge in [-0.3, -0.25) is 4.79 Å². The van der Waals surface area contributed by atoms with Crippen LogP contribution in [0.4, 0.5) is 5.82 Å². The number of hydrogen-bond donors (Lipinski definition) is 1. The molecular weight excluding hydrogens is 414 g/mol. The molecule has 1 N–H and O–H groups in total. The molecule has 31 heavy (non-hydrogen) atoms. The highest BCUT2D eigenvalue weighted by atomic mass is 32.2. The highest BCUT2D eigenvalue weighted by molar-refractivity contribution is 7.89. The lowest BCUT2D eigenvalue weighted by atomic mass is 10.0. The summed E-state index contributed by atoms with van der Waals surface area (Å²) in [4.78, 5) is 12.4. The Kier molecular flexibility index (Phi) is 5.93. The second kappa shape index (κ2) is 8.64. The molecule has 4 rings (SSSR count). The average Bonchev–Trinajstić information content (AvgIpc) is 3.16. The molecular formula is C23H25N3O4S. The molecule has 1 aliphatic rings. The molecule has 0 spiro atoms. The fourth-order valence-corrected chi connectivity index (χ4v) is 6.11. The molecule has 2 heterocycles. The predicted molar refractivity (Wildman–Crippen MR) is 118 cm³/mol. The van der Waals surface area contributed by atoms with Crippen LogP contribution >= 0.6 is 0 Å². The third kappa shape index (κ3) is 4.55. The van der Waals surface area contributed by atoms with Crippen molar-refractivity contribution in [3.05, 3.63) is 83.1 Å². The van der Waals surface area contributed by atoms with Gasteiger partial charge in [-0.15, -0.1) is 0 Å². The van der Waals surface area contributed by atoms with Crippen LogP contribution in [0.3, 0.4) is 0 Å². The molecule has 2 unspecified atom stereocenters. The van der Waals surface area contributed by atoms with Gasteiger partial charge in [-0.2, -0.15) is 4.31 Å². The lowest BCUT2D eigenvalue weighted by molar-refractivity contribution is 0.102. The Balaban J connectivity index is 1.49. The first kappa shape index (κ1) is 21.3. The molecule has 1 aliphatic heterocycles. The number of carbonyl (C=O) groups is 1. The monoisotopic (exact) mass is 439 g/mol. The van der Waals surface area contributed by atoms with Gasteiger partial charge in [0.25, 0.3) is 5.91 Å². The summed E-state index contributed by atoms with van der Waals surface area (Å²) in [6, 6.07) is 17.9. The molecule has 0 radical (unpaired) electrons. The van der Waals surface area contributed by atoms with Crippen molar-refractivity contribution in [2.24, 2.45) is 0 Å². The van der Waals surface area contributed by atoms with Crippen LogP contribution in [0.2, 0.25) is 0 Å². The van der Waals surface area contributed by atoms with Crippen LogP contribution in [0.5, 0.6) is 0 Å². The van der Waals surface area contributed by atoms with E-state index in [1.807, 2.05) is 37.3 Å². The molecule has 0 bridgehead atoms. The fourth-order valence-electron chi connectivity index (χ4n) is 3.91. The fraction of sp³-hybridized carbons (Fsp3) is 0.304. The molecule has 8 heteroatoms. The Morgan fingerprint density at radius 2 is 1.84 bits per heavy atom. The molecule has 3 aromatic rings. The van der Waals surface area contributed by atoms with Crippen molar-refractivity contribution >= 4 is 21.7 Å². The lowest BCUT2D eigenvalue weighted by Gasteiger charge is -2.37. The van der Waals surface area contributed by atoms with Crippen molar-refractivity contribution < 1.29 is 17.7 Å². The highest BCUT2D eigenvalue weighted by Crippen LogP contribution is 2.38. The number of aromatic nitrogens is 1. The van der Waals surface area contributed by atoms with Crippen molar-refractivity contribution in [2.45, 2.75) is 44.5 Å². The largest absolute Gasteiger partial charge is 0.360 e. The molecule has 7 nitrogen and oxygen atoms in total. The van der Waals surface area contributed by atoms with Crippen LogP contribution in [0.15, 0.2) is 65.2 Å². The van der Waals surface area contributed by atoms with Crippen LogP contribution in [0.25, 0.3) is 0 Å². The first-order valence-corrected chi connectivity index (χ1v) is 11.7. The maximum absolute atomic E-state index is 13.4. The van der Waals surface area contributed by atoms with E-state index in [1.165, 1.54) is 0 Å². The average molecular weight is 440 g/mol. The van der Waals surface area contributed by atoms with Gasteiger partial charge in [-0.25, -0.2) is 8.42 Å². The van der Waals surface area contributed by atoms with E-state index in [2.05, 4.69) is 10.5 Å². The molecule has 2 atom stereocenters. The highest BCUT2D eigenvalue weighted by Gasteiger charge is 2.40. The topological polar surface area (TPSA) is 92.5 Å². The molecule has 1 fully saturated rings. The molecule has 1 saturated heterocycles. The standard InChI is InChI=1S/C23H25N3O4S/c1-16-8-13-21(19-6-4-3-5-7-19)31(28,29)26(16)15-18-9-11-20(12-10-18)23(27)24-22-14-17(2)30-25-22/h3-7,9-12,14,16,21H,8,13,15H2,1-2H3,(H,24,25,27). The van der Waals surface area contributed by atoms with E-state index in [1.54, 1.807) is 41.6 Å². The van der Waals surface area contributed by atoms with Crippen molar-refractivity contribution in [3.63, 3.8) is 0 Å². The van der Waals surface area contributed by atoms with E-state index < -0.39 is 15.3 Å². The minimum Gasteiger partial charge on any atom is -0.360 e. The van der Waals surface area contributed by atoms with Crippen LogP contribution < -0.4 is 5.32 Å². The number of benzene rings is 2. The summed E-state index contributed by atoms with van der Waals surface area (Å²) < 4.78 is 33.2. The summed E-state index contributed by atoms with van der Waals surface area (Å²) in [6.07, 6.45) is 1.42. The van der Waals surface area contributed by atoms with Gasteiger partial charge in [0.2, 0.25) is 10.0 Å². The lowest BCUT2D eigenvalue weighted by Crippen LogP contribution is -2.44. The van der Waals surface area contributed by atoms with E-state index in [4.69, 9.17) is 4.52 Å². The molecule has 0 saturated carbocycles. The van der Waals surface area contributed by atoms with Crippen LogP contribution in [-0.2, 0) is 16.6 Å². The predicted octanol–water partition coefficient (Wildman–Crippen LogP) is 4.29. The van der Waals surface area contributed by atoms with Crippen LogP contribution in [-0.4, -0.2) is 29.8 Å². The van der Waals surface area contributed by atoms with E-state index in [0.29, 0.717) is 23.6 Å². The van der Waals surface area contributed by atoms with Gasteiger partial charge in [-0.1, -0.05) is 47.6 Å². The molecule has 1 amide bonds. The third-order valence-electron chi connectivity index (χ3n) is 5.62. The van der Waals surface area contributed by atoms with Gasteiger partial charge in [0.05, 0.1) is 0 Å². The zero-order chi connectivity index (χ0) is 22.0. The minimum atomic E-state index is -3.49. The third-order valence-corrected chi connectivity index (χ3v) is 7.99. The molecule has 0 aliphatic carbocycles. The number of sulfonamides is 1. The van der Waals surface area contributed by atoms with Crippen molar-refractivity contribution in [1.29, 1.82) is 0 Å². The van der Waals surface area contributed by atoms with Crippen LogP contribution in [0, 0.1) is 6.92 Å². The smallest absolute Gasteiger partial charge is 0.256 e. The second-order valence-electron chi connectivity index (χ2n) is 7.89. The normalized spacial score (nSPS) is 21.0. The minimum absolute atomic E-state index is 0.0802. The number of anilines is 1. The number of rotatable bonds is 5. The van der Waals surface area contributed by atoms with Gasteiger partial charge in [-0.05, 0) is 49.9 Å². The van der Waals surface area contributed by atoms with Gasteiger partial charge < -0.3 is 9.84 Å². The molecule has 1 aromatic heterocycles. The molecule has 2 aromatic carbocycles. The first-order chi connectivity index (χ1) is 14.8. The summed E-state index contributed by atoms with van der Waals surface area (Å²) in [5.41, 5.74) is 2.12. The SMILES string of the molecule is Cc1cc(NC(=O)c2ccc(CN3C(C)CCC(c4ccccc4)S3(=O)=O)cc2)no1. The van der Waals surface area contributed by atoms with Gasteiger partial charge in [0.15, 0.2) is 5.82 Å². The van der Waals surface area contributed by atoms with Gasteiger partial charge in [0.1, 0.15) is 11.0 Å². The molecule has 162 valence electrons. The first-order valence-electron chi connectivity index (χ1n) is 10.2. The van der Waals surface area contributed by atoms with Gasteiger partial charge in [0, 0.05) is 24.2 Å². The maximum atomic E-state index is 13.4. The Morgan fingerprint density at radius 1 is 1.13 bits per heavy atom. The number of carbonyl (C=O) groups excluding carboxylic acids is 1. The van der Waals surface area contributed by atoms with Crippen molar-refractivity contribution in [1.82, 2.24) is 9.46 Å². The summed E-state index contributed by atoms with van der Waals surface area (Å²) in [5, 5.41) is 5.90. The van der Waals surface area contributed by atoms with E-state index in [-0.39, 0.29) is 18.5 Å². The van der Waals surface area contributed by atoms with Crippen LogP contribution in [0.1, 0.15) is 52.3 Å². The number of hydrogen-bond acceptors (Lipinski definition) is 5. The Bertz CT molecular complexity index is 1160. The quantitative estimate of drug-likeness (QED) is 0.640. The zero-order valence-corrected chi connectivity index (χ0v) is 18.3. The number of nitrogens with one attached hydrogen (secondary N) is 1. The van der Waals surface area contributed by atoms with Gasteiger partial charge >= 0.3 is 0 Å². The number of aryl methyl sites for hydroxylation is 1. The summed E-state index contributed by atoms with van der Waals surface area (Å²) in [5.74, 6) is 0.658. The van der Waals surface area contributed by atoms with E-state index in [9.17, 15) is 13.2 Å². The summed E-state index contributed by atoms with van der Waals surface area (Å²) in [7, 11) is -3.49. The van der Waals surface area contributed by atoms with Crippen molar-refractivity contribution in [3.8, 4) is 0 Å². The van der Waals surface area contributed by atoms with Crippen molar-refractivity contribution in [2.75, 3.05) is 5.32 Å². The Labute approximate surface area is 182 Å². The number of amides is 1. The summed E-state index contributed by atoms with van der Waals surface area (Å²) >= 11 is 0. The Hall–Kier alpha value is -2.97. The Morgan fingerprint density at radius 3 is 2.48 bits per heavy atom. The second-order valence-corrected chi connectivity index (χ2v) is 9.96. The van der Waals surface area contributed by atoms with E-state index >= 15 is 0 Å².